The van der Waals surface area contributed by atoms with Crippen LogP contribution in [0.15, 0.2) is 11.1 Å². The molecule has 0 fully saturated rings. The standard InChI is InChI=1S/C12H12N2O5S/c1-6-8-10(13-5-14(2)11(8)16)20-9(6)12(17)19-4-7(15)18-3/h5H,4H2,1-3H3. The molecule has 0 unspecified atom stereocenters. The molecule has 0 spiro atoms. The minimum absolute atomic E-state index is 0.226. The molecule has 2 heterocycles. The van der Waals surface area contributed by atoms with Crippen LogP contribution < -0.4 is 5.56 Å². The summed E-state index contributed by atoms with van der Waals surface area (Å²) in [7, 11) is 2.79. The fourth-order valence-electron chi connectivity index (χ4n) is 1.65. The summed E-state index contributed by atoms with van der Waals surface area (Å²) in [6, 6.07) is 0. The van der Waals surface area contributed by atoms with Crippen LogP contribution in [-0.2, 0) is 21.3 Å². The zero-order valence-corrected chi connectivity index (χ0v) is 11.9. The predicted molar refractivity (Wildman–Crippen MR) is 71.9 cm³/mol. The molecule has 0 aliphatic carbocycles. The third-order valence-corrected chi connectivity index (χ3v) is 3.92. The van der Waals surface area contributed by atoms with E-state index in [1.165, 1.54) is 18.0 Å². The van der Waals surface area contributed by atoms with Gasteiger partial charge >= 0.3 is 11.9 Å². The first-order valence-corrected chi connectivity index (χ1v) is 6.46. The van der Waals surface area contributed by atoms with Crippen LogP contribution in [0.1, 0.15) is 15.2 Å². The fourth-order valence-corrected chi connectivity index (χ4v) is 2.69. The van der Waals surface area contributed by atoms with Gasteiger partial charge < -0.3 is 14.0 Å². The van der Waals surface area contributed by atoms with Gasteiger partial charge in [0, 0.05) is 7.05 Å². The van der Waals surface area contributed by atoms with Crippen molar-refractivity contribution in [3.05, 3.63) is 27.1 Å². The van der Waals surface area contributed by atoms with Crippen LogP contribution in [0.2, 0.25) is 0 Å². The minimum Gasteiger partial charge on any atom is -0.466 e. The molecule has 0 aromatic carbocycles. The summed E-state index contributed by atoms with van der Waals surface area (Å²) < 4.78 is 10.5. The molecule has 0 bridgehead atoms. The molecule has 7 nitrogen and oxygen atoms in total. The Morgan fingerprint density at radius 2 is 2.15 bits per heavy atom. The number of rotatable bonds is 3. The molecule has 0 N–H and O–H groups in total. The van der Waals surface area contributed by atoms with Gasteiger partial charge in [0.15, 0.2) is 6.61 Å². The van der Waals surface area contributed by atoms with Gasteiger partial charge in [-0.3, -0.25) is 4.79 Å². The van der Waals surface area contributed by atoms with Crippen LogP contribution in [0.4, 0.5) is 0 Å². The number of carbonyl (C=O) groups excluding carboxylic acids is 2. The third-order valence-electron chi connectivity index (χ3n) is 2.74. The van der Waals surface area contributed by atoms with E-state index in [0.29, 0.717) is 15.8 Å². The van der Waals surface area contributed by atoms with Crippen LogP contribution >= 0.6 is 11.3 Å². The van der Waals surface area contributed by atoms with Gasteiger partial charge in [-0.05, 0) is 12.5 Å². The van der Waals surface area contributed by atoms with E-state index in [1.807, 2.05) is 0 Å². The van der Waals surface area contributed by atoms with Crippen molar-refractivity contribution in [3.63, 3.8) is 0 Å². The number of esters is 2. The summed E-state index contributed by atoms with van der Waals surface area (Å²) in [5.41, 5.74) is 0.282. The Morgan fingerprint density at radius 3 is 2.80 bits per heavy atom. The second kappa shape index (κ2) is 5.41. The first kappa shape index (κ1) is 14.2. The topological polar surface area (TPSA) is 87.5 Å². The van der Waals surface area contributed by atoms with Crippen LogP contribution in [0.5, 0.6) is 0 Å². The molecule has 0 atom stereocenters. The van der Waals surface area contributed by atoms with Crippen molar-refractivity contribution in [2.45, 2.75) is 6.92 Å². The lowest BCUT2D eigenvalue weighted by Gasteiger charge is -2.02. The Morgan fingerprint density at radius 1 is 1.45 bits per heavy atom. The third kappa shape index (κ3) is 2.42. The number of hydrogen-bond acceptors (Lipinski definition) is 7. The molecule has 8 heteroatoms. The SMILES string of the molecule is COC(=O)COC(=O)c1sc2ncn(C)c(=O)c2c1C. The highest BCUT2D eigenvalue weighted by Crippen LogP contribution is 2.27. The van der Waals surface area contributed by atoms with Crippen molar-refractivity contribution in [1.29, 1.82) is 0 Å². The zero-order valence-electron chi connectivity index (χ0n) is 11.1. The Kier molecular flexibility index (Phi) is 3.84. The largest absolute Gasteiger partial charge is 0.466 e. The zero-order chi connectivity index (χ0) is 14.9. The lowest BCUT2D eigenvalue weighted by atomic mass is 10.2. The van der Waals surface area contributed by atoms with Crippen molar-refractivity contribution >= 4 is 33.5 Å². The number of thiophene rings is 1. The maximum Gasteiger partial charge on any atom is 0.349 e. The highest BCUT2D eigenvalue weighted by Gasteiger charge is 2.20. The lowest BCUT2D eigenvalue weighted by Crippen LogP contribution is -2.17. The van der Waals surface area contributed by atoms with E-state index < -0.39 is 18.5 Å². The minimum atomic E-state index is -0.669. The maximum atomic E-state index is 12.0. The fraction of sp³-hybridized carbons (Fsp3) is 0.333. The predicted octanol–water partition coefficient (Wildman–Crippen LogP) is 0.633. The van der Waals surface area contributed by atoms with Crippen LogP contribution in [0.25, 0.3) is 10.2 Å². The van der Waals surface area contributed by atoms with E-state index >= 15 is 0 Å². The van der Waals surface area contributed by atoms with Gasteiger partial charge in [0.2, 0.25) is 0 Å². The molecule has 0 saturated carbocycles. The van der Waals surface area contributed by atoms with Gasteiger partial charge in [0.1, 0.15) is 9.71 Å². The van der Waals surface area contributed by atoms with E-state index in [0.717, 1.165) is 11.3 Å². The second-order valence-electron chi connectivity index (χ2n) is 4.05. The monoisotopic (exact) mass is 296 g/mol. The van der Waals surface area contributed by atoms with Crippen molar-refractivity contribution < 1.29 is 19.1 Å². The quantitative estimate of drug-likeness (QED) is 0.772. The van der Waals surface area contributed by atoms with Crippen molar-refractivity contribution in [2.24, 2.45) is 7.05 Å². The highest BCUT2D eigenvalue weighted by atomic mass is 32.1. The number of aryl methyl sites for hydroxylation is 2. The van der Waals surface area contributed by atoms with E-state index in [9.17, 15) is 14.4 Å². The lowest BCUT2D eigenvalue weighted by molar-refractivity contribution is -0.144. The Balaban J connectivity index is 2.39. The molecular weight excluding hydrogens is 284 g/mol. The van der Waals surface area contributed by atoms with Gasteiger partial charge in [-0.1, -0.05) is 0 Å². The molecule has 2 rings (SSSR count). The molecule has 20 heavy (non-hydrogen) atoms. The smallest absolute Gasteiger partial charge is 0.349 e. The maximum absolute atomic E-state index is 12.0. The number of hydrogen-bond donors (Lipinski definition) is 0. The summed E-state index contributed by atoms with van der Waals surface area (Å²) in [5.74, 6) is -1.32. The molecule has 2 aromatic rings. The number of ether oxygens (including phenoxy) is 2. The van der Waals surface area contributed by atoms with Crippen molar-refractivity contribution in [1.82, 2.24) is 9.55 Å². The Labute approximate surface area is 117 Å². The summed E-state index contributed by atoms with van der Waals surface area (Å²) in [4.78, 5) is 39.7. The molecule has 106 valence electrons. The highest BCUT2D eigenvalue weighted by molar-refractivity contribution is 7.20. The van der Waals surface area contributed by atoms with E-state index in [4.69, 9.17) is 4.74 Å². The van der Waals surface area contributed by atoms with Gasteiger partial charge in [-0.15, -0.1) is 11.3 Å². The van der Waals surface area contributed by atoms with Crippen LogP contribution in [-0.4, -0.2) is 35.2 Å². The van der Waals surface area contributed by atoms with E-state index in [-0.39, 0.29) is 10.4 Å². The van der Waals surface area contributed by atoms with Crippen molar-refractivity contribution in [2.75, 3.05) is 13.7 Å². The molecule has 0 radical (unpaired) electrons. The summed E-state index contributed by atoms with van der Waals surface area (Å²) in [6.07, 6.45) is 1.39. The van der Waals surface area contributed by atoms with E-state index in [1.54, 1.807) is 14.0 Å². The van der Waals surface area contributed by atoms with Crippen molar-refractivity contribution in [3.8, 4) is 0 Å². The number of fused-ring (bicyclic) bond motifs is 1. The van der Waals surface area contributed by atoms with Crippen LogP contribution in [0, 0.1) is 6.92 Å². The number of nitrogens with zero attached hydrogens (tertiary/aromatic N) is 2. The molecule has 0 aliphatic rings. The first-order chi connectivity index (χ1) is 9.45. The average Bonchev–Trinajstić information content (AvgIpc) is 2.77. The van der Waals surface area contributed by atoms with Gasteiger partial charge in [0.25, 0.3) is 5.56 Å². The average molecular weight is 296 g/mol. The molecule has 0 saturated heterocycles. The van der Waals surface area contributed by atoms with Crippen LogP contribution in [0.3, 0.4) is 0 Å². The summed E-state index contributed by atoms with van der Waals surface area (Å²) in [6.45, 7) is 1.19. The number of methoxy groups -OCH3 is 1. The normalized spacial score (nSPS) is 10.6. The van der Waals surface area contributed by atoms with Gasteiger partial charge in [0.05, 0.1) is 18.8 Å². The van der Waals surface area contributed by atoms with E-state index in [2.05, 4.69) is 9.72 Å². The molecule has 2 aromatic heterocycles. The molecular formula is C12H12N2O5S. The Hall–Kier alpha value is -2.22. The molecule has 0 amide bonds. The number of aromatic nitrogens is 2. The molecule has 0 aliphatic heterocycles. The first-order valence-electron chi connectivity index (χ1n) is 5.64. The second-order valence-corrected chi connectivity index (χ2v) is 5.05. The van der Waals surface area contributed by atoms with Gasteiger partial charge in [-0.2, -0.15) is 0 Å². The summed E-state index contributed by atoms with van der Waals surface area (Å²) >= 11 is 1.06. The summed E-state index contributed by atoms with van der Waals surface area (Å²) in [5, 5.41) is 0.394. The number of carbonyl (C=O) groups is 2. The van der Waals surface area contributed by atoms with Gasteiger partial charge in [-0.25, -0.2) is 14.6 Å². The Bertz CT molecular complexity index is 746.